The summed E-state index contributed by atoms with van der Waals surface area (Å²) >= 11 is 1.18. The lowest BCUT2D eigenvalue weighted by atomic mass is 10.1. The average Bonchev–Trinajstić information content (AvgIpc) is 3.09. The number of H-pyrrole nitrogens is 1. The predicted molar refractivity (Wildman–Crippen MR) is 115 cm³/mol. The molecule has 0 unspecified atom stereocenters. The van der Waals surface area contributed by atoms with Crippen LogP contribution in [0, 0.1) is 6.92 Å². The van der Waals surface area contributed by atoms with E-state index in [-0.39, 0.29) is 5.56 Å². The molecule has 2 aromatic heterocycles. The number of anilines is 2. The van der Waals surface area contributed by atoms with Gasteiger partial charge in [-0.3, -0.25) is 14.7 Å². The van der Waals surface area contributed by atoms with Gasteiger partial charge in [0.15, 0.2) is 5.13 Å². The first kappa shape index (κ1) is 20.2. The van der Waals surface area contributed by atoms with Crippen molar-refractivity contribution in [1.29, 1.82) is 0 Å². The molecular formula is C21H23N5O3S. The number of hydrogen-bond acceptors (Lipinski definition) is 8. The van der Waals surface area contributed by atoms with E-state index >= 15 is 0 Å². The van der Waals surface area contributed by atoms with Crippen molar-refractivity contribution >= 4 is 28.4 Å². The molecule has 4 rings (SSSR count). The Morgan fingerprint density at radius 3 is 2.87 bits per heavy atom. The Morgan fingerprint density at radius 1 is 1.30 bits per heavy atom. The molecule has 0 atom stereocenters. The van der Waals surface area contributed by atoms with E-state index in [0.717, 1.165) is 24.3 Å². The fourth-order valence-electron chi connectivity index (χ4n) is 3.47. The first-order chi connectivity index (χ1) is 14.5. The van der Waals surface area contributed by atoms with Crippen LogP contribution in [0.3, 0.4) is 0 Å². The summed E-state index contributed by atoms with van der Waals surface area (Å²) < 4.78 is 5.05. The largest absolute Gasteiger partial charge is 0.462 e. The number of esters is 1. The maximum Gasteiger partial charge on any atom is 0.350 e. The summed E-state index contributed by atoms with van der Waals surface area (Å²) in [5, 5.41) is 3.51. The lowest BCUT2D eigenvalue weighted by Gasteiger charge is -2.27. The highest BCUT2D eigenvalue weighted by Crippen LogP contribution is 2.26. The lowest BCUT2D eigenvalue weighted by Crippen LogP contribution is -2.35. The smallest absolute Gasteiger partial charge is 0.350 e. The monoisotopic (exact) mass is 425 g/mol. The maximum absolute atomic E-state index is 12.6. The Bertz CT molecular complexity index is 1110. The molecule has 8 nitrogen and oxygen atoms in total. The molecule has 0 aliphatic carbocycles. The van der Waals surface area contributed by atoms with Crippen LogP contribution in [0.1, 0.15) is 39.1 Å². The van der Waals surface area contributed by atoms with E-state index in [0.29, 0.717) is 41.2 Å². The van der Waals surface area contributed by atoms with Gasteiger partial charge in [0, 0.05) is 25.2 Å². The van der Waals surface area contributed by atoms with Gasteiger partial charge in [0.1, 0.15) is 4.88 Å². The zero-order valence-corrected chi connectivity index (χ0v) is 17.7. The van der Waals surface area contributed by atoms with Crippen LogP contribution in [0.15, 0.2) is 35.1 Å². The minimum atomic E-state index is -0.399. The second-order valence-electron chi connectivity index (χ2n) is 7.07. The van der Waals surface area contributed by atoms with Crippen molar-refractivity contribution < 1.29 is 9.53 Å². The fraction of sp³-hybridized carbons (Fsp3) is 0.333. The van der Waals surface area contributed by atoms with E-state index in [1.54, 1.807) is 13.8 Å². The zero-order chi connectivity index (χ0) is 21.1. The summed E-state index contributed by atoms with van der Waals surface area (Å²) in [6.45, 7) is 6.04. The summed E-state index contributed by atoms with van der Waals surface area (Å²) in [6.07, 6.45) is 0.661. The molecule has 1 aliphatic heterocycles. The SMILES string of the molecule is CCOC(=O)c1sc(Nc2nc3c(c(=O)[nH]2)CCN(Cc2ccccc2)C3)nc1C. The number of hydrogen-bond donors (Lipinski definition) is 2. The van der Waals surface area contributed by atoms with Crippen molar-refractivity contribution in [3.05, 3.63) is 68.1 Å². The molecule has 1 aromatic carbocycles. The summed E-state index contributed by atoms with van der Waals surface area (Å²) in [5.41, 5.74) is 3.17. The van der Waals surface area contributed by atoms with Crippen LogP contribution in [-0.4, -0.2) is 39.0 Å². The Kier molecular flexibility index (Phi) is 5.91. The van der Waals surface area contributed by atoms with E-state index in [2.05, 4.69) is 37.3 Å². The molecule has 0 bridgehead atoms. The zero-order valence-electron chi connectivity index (χ0n) is 16.9. The lowest BCUT2D eigenvalue weighted by molar-refractivity contribution is 0.0531. The molecule has 0 saturated heterocycles. The molecule has 3 heterocycles. The molecule has 0 amide bonds. The van der Waals surface area contributed by atoms with Crippen molar-refractivity contribution in [2.45, 2.75) is 33.4 Å². The van der Waals surface area contributed by atoms with E-state index in [4.69, 9.17) is 4.74 Å². The van der Waals surface area contributed by atoms with Crippen LogP contribution in [0.2, 0.25) is 0 Å². The maximum atomic E-state index is 12.6. The fourth-order valence-corrected chi connectivity index (χ4v) is 4.33. The third-order valence-corrected chi connectivity index (χ3v) is 5.94. The molecule has 2 N–H and O–H groups in total. The van der Waals surface area contributed by atoms with Gasteiger partial charge in [-0.25, -0.2) is 14.8 Å². The Balaban J connectivity index is 1.52. The minimum Gasteiger partial charge on any atom is -0.462 e. The highest BCUT2D eigenvalue weighted by molar-refractivity contribution is 7.17. The number of aromatic amines is 1. The van der Waals surface area contributed by atoms with Crippen LogP contribution in [0.5, 0.6) is 0 Å². The average molecular weight is 426 g/mol. The van der Waals surface area contributed by atoms with E-state index in [1.807, 2.05) is 18.2 Å². The van der Waals surface area contributed by atoms with Gasteiger partial charge < -0.3 is 10.1 Å². The number of carbonyl (C=O) groups excluding carboxylic acids is 1. The van der Waals surface area contributed by atoms with Gasteiger partial charge in [-0.05, 0) is 25.8 Å². The number of fused-ring (bicyclic) bond motifs is 1. The van der Waals surface area contributed by atoms with Crippen molar-refractivity contribution in [2.75, 3.05) is 18.5 Å². The second-order valence-corrected chi connectivity index (χ2v) is 8.06. The van der Waals surface area contributed by atoms with Gasteiger partial charge in [-0.15, -0.1) is 0 Å². The van der Waals surface area contributed by atoms with E-state index < -0.39 is 5.97 Å². The second kappa shape index (κ2) is 8.76. The van der Waals surface area contributed by atoms with Crippen LogP contribution in [-0.2, 0) is 24.2 Å². The van der Waals surface area contributed by atoms with Crippen LogP contribution in [0.25, 0.3) is 0 Å². The van der Waals surface area contributed by atoms with Crippen molar-refractivity contribution in [1.82, 2.24) is 19.9 Å². The molecule has 0 radical (unpaired) electrons. The number of thiazole rings is 1. The van der Waals surface area contributed by atoms with Crippen molar-refractivity contribution in [3.8, 4) is 0 Å². The molecule has 156 valence electrons. The number of carbonyl (C=O) groups is 1. The molecule has 3 aromatic rings. The van der Waals surface area contributed by atoms with E-state index in [9.17, 15) is 9.59 Å². The number of ether oxygens (including phenoxy) is 1. The molecule has 30 heavy (non-hydrogen) atoms. The quantitative estimate of drug-likeness (QED) is 0.586. The van der Waals surface area contributed by atoms with Gasteiger partial charge in [0.05, 0.1) is 18.0 Å². The first-order valence-corrected chi connectivity index (χ1v) is 10.6. The number of aryl methyl sites for hydroxylation is 1. The van der Waals surface area contributed by atoms with E-state index in [1.165, 1.54) is 16.9 Å². The third kappa shape index (κ3) is 4.42. The highest BCUT2D eigenvalue weighted by atomic mass is 32.1. The number of aromatic nitrogens is 3. The summed E-state index contributed by atoms with van der Waals surface area (Å²) in [6, 6.07) is 10.2. The molecule has 1 aliphatic rings. The third-order valence-electron chi connectivity index (χ3n) is 4.88. The topological polar surface area (TPSA) is 100 Å². The standard InChI is InChI=1S/C21H23N5O3S/c1-3-29-19(28)17-13(2)22-21(30-17)25-20-23-16-12-26(10-9-15(16)18(27)24-20)11-14-7-5-4-6-8-14/h4-8H,3,9-12H2,1-2H3,(H2,22,23,24,25,27). The number of benzene rings is 1. The van der Waals surface area contributed by atoms with Gasteiger partial charge in [0.25, 0.3) is 5.56 Å². The van der Waals surface area contributed by atoms with Gasteiger partial charge in [-0.2, -0.15) is 0 Å². The molecule has 0 saturated carbocycles. The number of nitrogens with zero attached hydrogens (tertiary/aromatic N) is 3. The normalized spacial score (nSPS) is 13.7. The number of nitrogens with one attached hydrogen (secondary N) is 2. The molecular weight excluding hydrogens is 402 g/mol. The molecule has 9 heteroatoms. The van der Waals surface area contributed by atoms with Crippen LogP contribution in [0.4, 0.5) is 11.1 Å². The van der Waals surface area contributed by atoms with Crippen LogP contribution < -0.4 is 10.9 Å². The van der Waals surface area contributed by atoms with Crippen molar-refractivity contribution in [3.63, 3.8) is 0 Å². The Morgan fingerprint density at radius 2 is 2.10 bits per heavy atom. The van der Waals surface area contributed by atoms with Crippen molar-refractivity contribution in [2.24, 2.45) is 0 Å². The number of rotatable bonds is 6. The van der Waals surface area contributed by atoms with Crippen LogP contribution >= 0.6 is 11.3 Å². The Hall–Kier alpha value is -3.04. The van der Waals surface area contributed by atoms with Gasteiger partial charge in [-0.1, -0.05) is 41.7 Å². The highest BCUT2D eigenvalue weighted by Gasteiger charge is 2.22. The first-order valence-electron chi connectivity index (χ1n) is 9.83. The summed E-state index contributed by atoms with van der Waals surface area (Å²) in [5.74, 6) is -0.0755. The molecule has 0 spiro atoms. The molecule has 0 fully saturated rings. The minimum absolute atomic E-state index is 0.138. The summed E-state index contributed by atoms with van der Waals surface area (Å²) in [4.78, 5) is 39.0. The summed E-state index contributed by atoms with van der Waals surface area (Å²) in [7, 11) is 0. The van der Waals surface area contributed by atoms with Gasteiger partial charge in [0.2, 0.25) is 5.95 Å². The predicted octanol–water partition coefficient (Wildman–Crippen LogP) is 3.01. The Labute approximate surface area is 178 Å². The van der Waals surface area contributed by atoms with Gasteiger partial charge >= 0.3 is 5.97 Å².